The molecule has 0 saturated heterocycles. The van der Waals surface area contributed by atoms with Crippen molar-refractivity contribution < 1.29 is 0 Å². The smallest absolute Gasteiger partial charge is 0.0105 e. The summed E-state index contributed by atoms with van der Waals surface area (Å²) in [5, 5.41) is 3.61. The minimum atomic E-state index is 0.586. The van der Waals surface area contributed by atoms with Crippen LogP contribution in [0.2, 0.25) is 0 Å². The zero-order valence-corrected chi connectivity index (χ0v) is 10.8. The van der Waals surface area contributed by atoms with Gasteiger partial charge in [0.2, 0.25) is 0 Å². The summed E-state index contributed by atoms with van der Waals surface area (Å²) in [6.07, 6.45) is 10.7. The molecule has 0 saturated carbocycles. The fraction of sp³-hybridized carbons (Fsp3) is 0.500. The van der Waals surface area contributed by atoms with Gasteiger partial charge in [0.1, 0.15) is 0 Å². The van der Waals surface area contributed by atoms with Crippen LogP contribution >= 0.6 is 0 Å². The Labute approximate surface area is 106 Å². The van der Waals surface area contributed by atoms with Crippen LogP contribution in [0.3, 0.4) is 0 Å². The molecule has 0 heterocycles. The van der Waals surface area contributed by atoms with Gasteiger partial charge in [0.15, 0.2) is 0 Å². The van der Waals surface area contributed by atoms with Crippen molar-refractivity contribution >= 4 is 0 Å². The largest absolute Gasteiger partial charge is 0.314 e. The van der Waals surface area contributed by atoms with Gasteiger partial charge in [0.05, 0.1) is 0 Å². The molecule has 1 aromatic rings. The summed E-state index contributed by atoms with van der Waals surface area (Å²) < 4.78 is 0. The summed E-state index contributed by atoms with van der Waals surface area (Å²) in [6, 6.07) is 11.3. The lowest BCUT2D eigenvalue weighted by atomic mass is 10.0. The van der Waals surface area contributed by atoms with Gasteiger partial charge < -0.3 is 5.32 Å². The lowest BCUT2D eigenvalue weighted by Gasteiger charge is -2.16. The van der Waals surface area contributed by atoms with Gasteiger partial charge in [-0.2, -0.15) is 0 Å². The number of rotatable bonds is 8. The van der Waals surface area contributed by atoms with Crippen LogP contribution in [0.4, 0.5) is 0 Å². The van der Waals surface area contributed by atoms with Gasteiger partial charge in [-0.1, -0.05) is 37.3 Å². The van der Waals surface area contributed by atoms with Crippen LogP contribution in [0.15, 0.2) is 30.3 Å². The van der Waals surface area contributed by atoms with E-state index in [1.54, 1.807) is 0 Å². The highest BCUT2D eigenvalue weighted by molar-refractivity contribution is 5.15. The van der Waals surface area contributed by atoms with Gasteiger partial charge in [-0.05, 0) is 37.8 Å². The van der Waals surface area contributed by atoms with Crippen molar-refractivity contribution in [3.8, 4) is 12.3 Å². The molecule has 1 atom stereocenters. The zero-order chi connectivity index (χ0) is 12.3. The minimum absolute atomic E-state index is 0.586. The van der Waals surface area contributed by atoms with E-state index in [1.165, 1.54) is 18.4 Å². The molecule has 0 radical (unpaired) electrons. The summed E-state index contributed by atoms with van der Waals surface area (Å²) in [6.45, 7) is 3.31. The molecule has 1 unspecified atom stereocenters. The molecule has 17 heavy (non-hydrogen) atoms. The van der Waals surface area contributed by atoms with E-state index < -0.39 is 0 Å². The third-order valence-electron chi connectivity index (χ3n) is 3.00. The van der Waals surface area contributed by atoms with Gasteiger partial charge in [-0.3, -0.25) is 0 Å². The van der Waals surface area contributed by atoms with E-state index >= 15 is 0 Å². The second kappa shape index (κ2) is 8.84. The fourth-order valence-electron chi connectivity index (χ4n) is 1.92. The molecule has 1 N–H and O–H groups in total. The molecule has 1 nitrogen and oxygen atoms in total. The average Bonchev–Trinajstić information content (AvgIpc) is 2.38. The first kappa shape index (κ1) is 13.8. The van der Waals surface area contributed by atoms with Crippen LogP contribution in [0, 0.1) is 12.3 Å². The topological polar surface area (TPSA) is 12.0 Å². The second-order valence-corrected chi connectivity index (χ2v) is 4.41. The number of nitrogens with one attached hydrogen (secondary N) is 1. The summed E-state index contributed by atoms with van der Waals surface area (Å²) >= 11 is 0. The van der Waals surface area contributed by atoms with Crippen molar-refractivity contribution in [2.45, 2.75) is 45.1 Å². The molecule has 0 aromatic heterocycles. The SMILES string of the molecule is C#CCCCCNC(CC)Cc1ccccc1. The third-order valence-corrected chi connectivity index (χ3v) is 3.00. The molecule has 0 aliphatic rings. The normalized spacial score (nSPS) is 12.0. The Balaban J connectivity index is 2.22. The predicted molar refractivity (Wildman–Crippen MR) is 74.9 cm³/mol. The highest BCUT2D eigenvalue weighted by Crippen LogP contribution is 2.05. The van der Waals surface area contributed by atoms with E-state index in [0.717, 1.165) is 25.8 Å². The first-order valence-corrected chi connectivity index (χ1v) is 6.57. The minimum Gasteiger partial charge on any atom is -0.314 e. The molecule has 92 valence electrons. The van der Waals surface area contributed by atoms with Crippen molar-refractivity contribution in [2.24, 2.45) is 0 Å². The van der Waals surface area contributed by atoms with Gasteiger partial charge in [0.25, 0.3) is 0 Å². The van der Waals surface area contributed by atoms with Crippen LogP contribution < -0.4 is 5.32 Å². The van der Waals surface area contributed by atoms with Crippen molar-refractivity contribution in [2.75, 3.05) is 6.54 Å². The van der Waals surface area contributed by atoms with Crippen molar-refractivity contribution in [1.82, 2.24) is 5.32 Å². The van der Waals surface area contributed by atoms with E-state index in [-0.39, 0.29) is 0 Å². The lowest BCUT2D eigenvalue weighted by Crippen LogP contribution is -2.31. The number of unbranched alkanes of at least 4 members (excludes halogenated alkanes) is 2. The molecule has 1 heteroatoms. The standard InChI is InChI=1S/C16H23N/c1-3-5-6-10-13-17-16(4-2)14-15-11-8-7-9-12-15/h1,7-9,11-12,16-17H,4-6,10,13-14H2,2H3. The average molecular weight is 229 g/mol. The monoisotopic (exact) mass is 229 g/mol. The summed E-state index contributed by atoms with van der Waals surface area (Å²) in [7, 11) is 0. The molecule has 0 spiro atoms. The van der Waals surface area contributed by atoms with E-state index in [1.807, 2.05) is 0 Å². The molecular formula is C16H23N. The second-order valence-electron chi connectivity index (χ2n) is 4.41. The van der Waals surface area contributed by atoms with Crippen LogP contribution in [0.5, 0.6) is 0 Å². The molecule has 0 fully saturated rings. The van der Waals surface area contributed by atoms with Crippen LogP contribution in [-0.4, -0.2) is 12.6 Å². The van der Waals surface area contributed by atoms with Crippen molar-refractivity contribution in [3.63, 3.8) is 0 Å². The van der Waals surface area contributed by atoms with Crippen molar-refractivity contribution in [1.29, 1.82) is 0 Å². The molecule has 0 amide bonds. The van der Waals surface area contributed by atoms with Crippen LogP contribution in [-0.2, 0) is 6.42 Å². The van der Waals surface area contributed by atoms with Crippen LogP contribution in [0.1, 0.15) is 38.2 Å². The van der Waals surface area contributed by atoms with Crippen LogP contribution in [0.25, 0.3) is 0 Å². The number of hydrogen-bond donors (Lipinski definition) is 1. The zero-order valence-electron chi connectivity index (χ0n) is 10.8. The highest BCUT2D eigenvalue weighted by Gasteiger charge is 2.05. The predicted octanol–water partition coefficient (Wildman–Crippen LogP) is 3.40. The van der Waals surface area contributed by atoms with E-state index in [9.17, 15) is 0 Å². The summed E-state index contributed by atoms with van der Waals surface area (Å²) in [4.78, 5) is 0. The Bertz CT molecular complexity index is 323. The Morgan fingerprint density at radius 2 is 2.00 bits per heavy atom. The Kier molecular flexibility index (Phi) is 7.18. The summed E-state index contributed by atoms with van der Waals surface area (Å²) in [5.41, 5.74) is 1.41. The lowest BCUT2D eigenvalue weighted by molar-refractivity contribution is 0.484. The van der Waals surface area contributed by atoms with Gasteiger partial charge >= 0.3 is 0 Å². The van der Waals surface area contributed by atoms with Gasteiger partial charge in [-0.15, -0.1) is 12.3 Å². The first-order chi connectivity index (χ1) is 8.36. The molecule has 1 aromatic carbocycles. The van der Waals surface area contributed by atoms with E-state index in [2.05, 4.69) is 48.5 Å². The Morgan fingerprint density at radius 1 is 1.24 bits per heavy atom. The summed E-state index contributed by atoms with van der Waals surface area (Å²) in [5.74, 6) is 2.68. The highest BCUT2D eigenvalue weighted by atomic mass is 14.9. The van der Waals surface area contributed by atoms with Gasteiger partial charge in [-0.25, -0.2) is 0 Å². The number of terminal acetylenes is 1. The third kappa shape index (κ3) is 6.14. The molecular weight excluding hydrogens is 206 g/mol. The quantitative estimate of drug-likeness (QED) is 0.532. The maximum atomic E-state index is 5.23. The number of hydrogen-bond acceptors (Lipinski definition) is 1. The molecule has 1 rings (SSSR count). The maximum Gasteiger partial charge on any atom is 0.0105 e. The fourth-order valence-corrected chi connectivity index (χ4v) is 1.92. The molecule has 0 aliphatic carbocycles. The molecule has 0 bridgehead atoms. The van der Waals surface area contributed by atoms with Gasteiger partial charge in [0, 0.05) is 12.5 Å². The molecule has 0 aliphatic heterocycles. The van der Waals surface area contributed by atoms with Crippen molar-refractivity contribution in [3.05, 3.63) is 35.9 Å². The Hall–Kier alpha value is -1.26. The van der Waals surface area contributed by atoms with E-state index in [4.69, 9.17) is 6.42 Å². The maximum absolute atomic E-state index is 5.23. The number of benzene rings is 1. The Morgan fingerprint density at radius 3 is 2.65 bits per heavy atom. The van der Waals surface area contributed by atoms with E-state index in [0.29, 0.717) is 6.04 Å². The first-order valence-electron chi connectivity index (χ1n) is 6.57.